The first-order valence-electron chi connectivity index (χ1n) is 8.66. The van der Waals surface area contributed by atoms with Gasteiger partial charge in [-0.15, -0.1) is 0 Å². The molecule has 3 aromatic rings. The topological polar surface area (TPSA) is 64.3 Å². The summed E-state index contributed by atoms with van der Waals surface area (Å²) in [4.78, 5) is 10.4. The molecular weight excluding hydrogens is 373 g/mol. The lowest BCUT2D eigenvalue weighted by atomic mass is 10.0. The predicted octanol–water partition coefficient (Wildman–Crippen LogP) is 3.72. The minimum Gasteiger partial charge on any atom is -0.467 e. The van der Waals surface area contributed by atoms with Crippen LogP contribution in [0.15, 0.2) is 41.2 Å². The van der Waals surface area contributed by atoms with Gasteiger partial charge in [-0.3, -0.25) is 4.90 Å². The van der Waals surface area contributed by atoms with Gasteiger partial charge in [0, 0.05) is 55.1 Å². The maximum Gasteiger partial charge on any atom is 0.416 e. The van der Waals surface area contributed by atoms with Crippen LogP contribution in [-0.2, 0) is 25.7 Å². The Morgan fingerprint density at radius 3 is 2.50 bits per heavy atom. The molecule has 0 bridgehead atoms. The summed E-state index contributed by atoms with van der Waals surface area (Å²) in [5, 5.41) is 4.10. The second-order valence-electron chi connectivity index (χ2n) is 6.55. The van der Waals surface area contributed by atoms with Crippen LogP contribution in [0.2, 0.25) is 0 Å². The molecule has 28 heavy (non-hydrogen) atoms. The second kappa shape index (κ2) is 7.23. The van der Waals surface area contributed by atoms with Gasteiger partial charge < -0.3 is 9.26 Å². The van der Waals surface area contributed by atoms with E-state index >= 15 is 0 Å². The lowest BCUT2D eigenvalue weighted by molar-refractivity contribution is -0.137. The third-order valence-corrected chi connectivity index (χ3v) is 4.66. The molecule has 0 saturated carbocycles. The van der Waals surface area contributed by atoms with Crippen molar-refractivity contribution in [3.05, 3.63) is 59.1 Å². The summed E-state index contributed by atoms with van der Waals surface area (Å²) in [6.45, 7) is 2.00. The average molecular weight is 390 g/mol. The van der Waals surface area contributed by atoms with E-state index in [4.69, 9.17) is 9.26 Å². The number of ether oxygens (including phenoxy) is 1. The highest BCUT2D eigenvalue weighted by Crippen LogP contribution is 2.34. The van der Waals surface area contributed by atoms with E-state index in [-0.39, 0.29) is 0 Å². The summed E-state index contributed by atoms with van der Waals surface area (Å²) in [6, 6.07) is 5.29. The Bertz CT molecular complexity index is 953. The normalized spacial score (nSPS) is 14.7. The molecule has 0 unspecified atom stereocenters. The number of rotatable bonds is 4. The van der Waals surface area contributed by atoms with Gasteiger partial charge in [-0.25, -0.2) is 9.97 Å². The fourth-order valence-electron chi connectivity index (χ4n) is 3.23. The van der Waals surface area contributed by atoms with Crippen LogP contribution in [0.25, 0.3) is 11.3 Å². The van der Waals surface area contributed by atoms with Crippen LogP contribution in [0.3, 0.4) is 0 Å². The van der Waals surface area contributed by atoms with Crippen molar-refractivity contribution in [2.45, 2.75) is 25.7 Å². The Hall–Kier alpha value is -2.94. The Morgan fingerprint density at radius 2 is 1.86 bits per heavy atom. The molecule has 2 aromatic heterocycles. The van der Waals surface area contributed by atoms with Gasteiger partial charge >= 0.3 is 12.2 Å². The van der Waals surface area contributed by atoms with Crippen LogP contribution < -0.4 is 4.74 Å². The molecule has 0 aliphatic carbocycles. The van der Waals surface area contributed by atoms with Crippen molar-refractivity contribution in [2.75, 3.05) is 13.7 Å². The van der Waals surface area contributed by atoms with Crippen molar-refractivity contribution in [3.8, 4) is 17.3 Å². The van der Waals surface area contributed by atoms with E-state index in [1.54, 1.807) is 12.4 Å². The lowest BCUT2D eigenvalue weighted by Crippen LogP contribution is -2.29. The van der Waals surface area contributed by atoms with Crippen molar-refractivity contribution >= 4 is 0 Å². The number of halogens is 3. The highest BCUT2D eigenvalue weighted by molar-refractivity contribution is 5.64. The molecule has 0 spiro atoms. The minimum atomic E-state index is -4.36. The number of methoxy groups -OCH3 is 1. The Kier molecular flexibility index (Phi) is 4.76. The van der Waals surface area contributed by atoms with E-state index in [2.05, 4.69) is 20.0 Å². The fraction of sp³-hybridized carbons (Fsp3) is 0.316. The molecule has 146 valence electrons. The average Bonchev–Trinajstić information content (AvgIpc) is 3.11. The number of fused-ring (bicyclic) bond motifs is 1. The Morgan fingerprint density at radius 1 is 1.14 bits per heavy atom. The maximum absolute atomic E-state index is 12.8. The van der Waals surface area contributed by atoms with Crippen LogP contribution in [0.4, 0.5) is 13.2 Å². The molecule has 4 rings (SSSR count). The van der Waals surface area contributed by atoms with Crippen LogP contribution in [0, 0.1) is 0 Å². The summed E-state index contributed by atoms with van der Waals surface area (Å²) in [5.41, 5.74) is 2.35. The molecule has 0 saturated heterocycles. The summed E-state index contributed by atoms with van der Waals surface area (Å²) in [6.07, 6.45) is -0.253. The van der Waals surface area contributed by atoms with Gasteiger partial charge in [-0.05, 0) is 12.1 Å². The van der Waals surface area contributed by atoms with Gasteiger partial charge in [-0.1, -0.05) is 17.3 Å². The van der Waals surface area contributed by atoms with Gasteiger partial charge in [0.2, 0.25) is 0 Å². The molecule has 0 fully saturated rings. The maximum atomic E-state index is 12.8. The van der Waals surface area contributed by atoms with Gasteiger partial charge in [0.15, 0.2) is 0 Å². The van der Waals surface area contributed by atoms with Crippen molar-refractivity contribution in [3.63, 3.8) is 0 Å². The monoisotopic (exact) mass is 390 g/mol. The van der Waals surface area contributed by atoms with E-state index < -0.39 is 11.7 Å². The molecule has 1 aliphatic rings. The highest BCUT2D eigenvalue weighted by atomic mass is 19.4. The van der Waals surface area contributed by atoms with Crippen LogP contribution in [-0.4, -0.2) is 33.7 Å². The van der Waals surface area contributed by atoms with Crippen molar-refractivity contribution in [2.24, 2.45) is 0 Å². The summed E-state index contributed by atoms with van der Waals surface area (Å²) >= 11 is 0. The van der Waals surface area contributed by atoms with Gasteiger partial charge in [0.05, 0.1) is 12.7 Å². The molecule has 9 heteroatoms. The molecule has 1 aromatic carbocycles. The van der Waals surface area contributed by atoms with E-state index in [0.29, 0.717) is 36.8 Å². The summed E-state index contributed by atoms with van der Waals surface area (Å²) in [5.74, 6) is 0.775. The first-order valence-corrected chi connectivity index (χ1v) is 8.66. The van der Waals surface area contributed by atoms with Crippen molar-refractivity contribution < 1.29 is 22.4 Å². The lowest BCUT2D eigenvalue weighted by Gasteiger charge is -2.25. The predicted molar refractivity (Wildman–Crippen MR) is 93.3 cm³/mol. The SMILES string of the molecule is COc1ncc(CN2CCc3onc(-c4ccc(C(F)(F)F)cc4)c3C2)cn1. The molecule has 0 atom stereocenters. The Labute approximate surface area is 159 Å². The number of hydrogen-bond acceptors (Lipinski definition) is 6. The molecule has 0 N–H and O–H groups in total. The first-order chi connectivity index (χ1) is 13.4. The first kappa shape index (κ1) is 18.4. The smallest absolute Gasteiger partial charge is 0.416 e. The molecule has 3 heterocycles. The quantitative estimate of drug-likeness (QED) is 0.677. The zero-order valence-electron chi connectivity index (χ0n) is 15.0. The molecule has 0 amide bonds. The van der Waals surface area contributed by atoms with Crippen molar-refractivity contribution in [1.82, 2.24) is 20.0 Å². The highest BCUT2D eigenvalue weighted by Gasteiger charge is 2.31. The van der Waals surface area contributed by atoms with E-state index in [0.717, 1.165) is 35.6 Å². The van der Waals surface area contributed by atoms with E-state index in [1.807, 2.05) is 0 Å². The van der Waals surface area contributed by atoms with E-state index in [9.17, 15) is 13.2 Å². The largest absolute Gasteiger partial charge is 0.467 e. The molecule has 6 nitrogen and oxygen atoms in total. The number of alkyl halides is 3. The standard InChI is InChI=1S/C19H17F3N4O2/c1-27-18-23-8-12(9-24-18)10-26-7-6-16-15(11-26)17(25-28-16)13-2-4-14(5-3-13)19(20,21)22/h2-5,8-9H,6-7,10-11H2,1H3. The molecular formula is C19H17F3N4O2. The number of aromatic nitrogens is 3. The minimum absolute atomic E-state index is 0.313. The zero-order chi connectivity index (χ0) is 19.7. The van der Waals surface area contributed by atoms with Crippen LogP contribution >= 0.6 is 0 Å². The fourth-order valence-corrected chi connectivity index (χ4v) is 3.23. The van der Waals surface area contributed by atoms with E-state index in [1.165, 1.54) is 19.2 Å². The van der Waals surface area contributed by atoms with Gasteiger partial charge in [0.1, 0.15) is 11.5 Å². The third-order valence-electron chi connectivity index (χ3n) is 4.66. The number of hydrogen-bond donors (Lipinski definition) is 0. The van der Waals surface area contributed by atoms with Crippen LogP contribution in [0.1, 0.15) is 22.5 Å². The van der Waals surface area contributed by atoms with Crippen LogP contribution in [0.5, 0.6) is 6.01 Å². The third kappa shape index (κ3) is 3.70. The Balaban J connectivity index is 1.53. The molecule has 1 aliphatic heterocycles. The number of nitrogens with zero attached hydrogens (tertiary/aromatic N) is 4. The second-order valence-corrected chi connectivity index (χ2v) is 6.55. The van der Waals surface area contributed by atoms with Gasteiger partial charge in [0.25, 0.3) is 0 Å². The zero-order valence-corrected chi connectivity index (χ0v) is 15.0. The summed E-state index contributed by atoms with van der Waals surface area (Å²) < 4.78 is 48.7. The summed E-state index contributed by atoms with van der Waals surface area (Å²) in [7, 11) is 1.51. The van der Waals surface area contributed by atoms with Gasteiger partial charge in [-0.2, -0.15) is 13.2 Å². The molecule has 0 radical (unpaired) electrons. The van der Waals surface area contributed by atoms with Crippen molar-refractivity contribution in [1.29, 1.82) is 0 Å². The number of benzene rings is 1.